The van der Waals surface area contributed by atoms with E-state index < -0.39 is 0 Å². The van der Waals surface area contributed by atoms with Crippen molar-refractivity contribution in [2.75, 3.05) is 30.8 Å². The number of likely N-dealkylation sites (N-methyl/N-ethyl adjacent to an activating group) is 1. The van der Waals surface area contributed by atoms with Crippen molar-refractivity contribution in [3.63, 3.8) is 0 Å². The molecule has 0 aliphatic heterocycles. The van der Waals surface area contributed by atoms with Crippen LogP contribution in [-0.2, 0) is 6.42 Å². The molecule has 1 heterocycles. The van der Waals surface area contributed by atoms with Gasteiger partial charge in [0.2, 0.25) is 0 Å². The molecule has 0 aliphatic rings. The van der Waals surface area contributed by atoms with Crippen LogP contribution in [0.15, 0.2) is 42.7 Å². The van der Waals surface area contributed by atoms with Crippen LogP contribution in [-0.4, -0.2) is 25.2 Å². The molecule has 2 rings (SSSR count). The van der Waals surface area contributed by atoms with Crippen LogP contribution in [0.25, 0.3) is 0 Å². The molecule has 1 aromatic heterocycles. The number of benzene rings is 1. The molecule has 4 nitrogen and oxygen atoms in total. The number of aromatic nitrogens is 1. The van der Waals surface area contributed by atoms with E-state index >= 15 is 0 Å². The average Bonchev–Trinajstić information content (AvgIpc) is 2.45. The Kier molecular flexibility index (Phi) is 4.82. The smallest absolute Gasteiger partial charge is 0.123 e. The quantitative estimate of drug-likeness (QED) is 0.821. The zero-order valence-electron chi connectivity index (χ0n) is 12.0. The number of nitrogen functional groups attached to an aromatic ring is 1. The van der Waals surface area contributed by atoms with Gasteiger partial charge in [0.1, 0.15) is 5.75 Å². The molecule has 0 bridgehead atoms. The lowest BCUT2D eigenvalue weighted by Gasteiger charge is -2.20. The lowest BCUT2D eigenvalue weighted by Crippen LogP contribution is -2.20. The molecule has 2 aromatic rings. The molecule has 0 spiro atoms. The topological polar surface area (TPSA) is 51.4 Å². The van der Waals surface area contributed by atoms with Crippen LogP contribution in [0.1, 0.15) is 12.5 Å². The summed E-state index contributed by atoms with van der Waals surface area (Å²) in [7, 11) is 2.06. The fraction of sp³-hybridized carbons (Fsp3) is 0.312. The summed E-state index contributed by atoms with van der Waals surface area (Å²) in [4.78, 5) is 6.21. The molecule has 20 heavy (non-hydrogen) atoms. The molecule has 2 N–H and O–H groups in total. The lowest BCUT2D eigenvalue weighted by atomic mass is 10.2. The van der Waals surface area contributed by atoms with Crippen molar-refractivity contribution < 1.29 is 4.74 Å². The molecule has 0 aliphatic carbocycles. The Balaban J connectivity index is 2.03. The first kappa shape index (κ1) is 14.2. The van der Waals surface area contributed by atoms with E-state index in [9.17, 15) is 0 Å². The van der Waals surface area contributed by atoms with Gasteiger partial charge in [-0.3, -0.25) is 4.98 Å². The summed E-state index contributed by atoms with van der Waals surface area (Å²) >= 11 is 0. The number of ether oxygens (including phenoxy) is 1. The second-order valence-electron chi connectivity index (χ2n) is 4.72. The zero-order valence-corrected chi connectivity index (χ0v) is 12.0. The highest BCUT2D eigenvalue weighted by molar-refractivity contribution is 5.60. The van der Waals surface area contributed by atoms with Gasteiger partial charge in [-0.1, -0.05) is 0 Å². The largest absolute Gasteiger partial charge is 0.494 e. The fourth-order valence-corrected chi connectivity index (χ4v) is 2.05. The minimum absolute atomic E-state index is 0.642. The van der Waals surface area contributed by atoms with Crippen LogP contribution in [0.5, 0.6) is 5.75 Å². The van der Waals surface area contributed by atoms with E-state index in [4.69, 9.17) is 10.5 Å². The third kappa shape index (κ3) is 3.88. The number of pyridine rings is 1. The lowest BCUT2D eigenvalue weighted by molar-refractivity contribution is 0.340. The van der Waals surface area contributed by atoms with Gasteiger partial charge in [-0.25, -0.2) is 0 Å². The number of hydrogen-bond acceptors (Lipinski definition) is 4. The van der Waals surface area contributed by atoms with Crippen molar-refractivity contribution in [1.82, 2.24) is 4.98 Å². The highest BCUT2D eigenvalue weighted by Crippen LogP contribution is 2.25. The standard InChI is InChI=1S/C16H21N3O/c1-3-20-16-11-14(17)10-15(12-16)19(2)9-6-13-4-7-18-8-5-13/h4-5,7-8,10-12H,3,6,9,17H2,1-2H3. The second-order valence-corrected chi connectivity index (χ2v) is 4.72. The Morgan fingerprint density at radius 3 is 2.65 bits per heavy atom. The summed E-state index contributed by atoms with van der Waals surface area (Å²) < 4.78 is 5.53. The van der Waals surface area contributed by atoms with Gasteiger partial charge in [-0.05, 0) is 37.1 Å². The SMILES string of the molecule is CCOc1cc(N)cc(N(C)CCc2ccncc2)c1. The normalized spacial score (nSPS) is 10.3. The second kappa shape index (κ2) is 6.80. The van der Waals surface area contributed by atoms with Gasteiger partial charge in [0, 0.05) is 49.5 Å². The van der Waals surface area contributed by atoms with Gasteiger partial charge in [0.15, 0.2) is 0 Å². The van der Waals surface area contributed by atoms with E-state index in [1.54, 1.807) is 0 Å². The van der Waals surface area contributed by atoms with Crippen molar-refractivity contribution in [2.45, 2.75) is 13.3 Å². The van der Waals surface area contributed by atoms with Crippen molar-refractivity contribution in [2.24, 2.45) is 0 Å². The summed E-state index contributed by atoms with van der Waals surface area (Å²) in [6, 6.07) is 9.92. The molecule has 4 heteroatoms. The van der Waals surface area contributed by atoms with E-state index in [1.807, 2.05) is 49.6 Å². The average molecular weight is 271 g/mol. The van der Waals surface area contributed by atoms with E-state index in [1.165, 1.54) is 5.56 Å². The van der Waals surface area contributed by atoms with E-state index in [2.05, 4.69) is 16.9 Å². The fourth-order valence-electron chi connectivity index (χ4n) is 2.05. The predicted molar refractivity (Wildman–Crippen MR) is 83.2 cm³/mol. The van der Waals surface area contributed by atoms with Crippen molar-refractivity contribution in [1.29, 1.82) is 0 Å². The molecular weight excluding hydrogens is 250 g/mol. The summed E-state index contributed by atoms with van der Waals surface area (Å²) in [5, 5.41) is 0. The summed E-state index contributed by atoms with van der Waals surface area (Å²) in [6.45, 7) is 3.53. The maximum atomic E-state index is 5.92. The molecule has 0 atom stereocenters. The van der Waals surface area contributed by atoms with Crippen molar-refractivity contribution in [3.05, 3.63) is 48.3 Å². The predicted octanol–water partition coefficient (Wildman–Crippen LogP) is 2.74. The summed E-state index contributed by atoms with van der Waals surface area (Å²) in [5.41, 5.74) is 8.99. The Bertz CT molecular complexity index is 543. The highest BCUT2D eigenvalue weighted by atomic mass is 16.5. The van der Waals surface area contributed by atoms with Crippen LogP contribution < -0.4 is 15.4 Å². The molecule has 0 saturated carbocycles. The number of nitrogens with two attached hydrogens (primary N) is 1. The Morgan fingerprint density at radius 1 is 1.20 bits per heavy atom. The summed E-state index contributed by atoms with van der Waals surface area (Å²) in [5.74, 6) is 0.818. The van der Waals surface area contributed by atoms with Gasteiger partial charge in [-0.2, -0.15) is 0 Å². The molecule has 0 unspecified atom stereocenters. The van der Waals surface area contributed by atoms with Crippen molar-refractivity contribution in [3.8, 4) is 5.75 Å². The van der Waals surface area contributed by atoms with E-state index in [0.717, 1.165) is 30.1 Å². The van der Waals surface area contributed by atoms with Gasteiger partial charge in [-0.15, -0.1) is 0 Å². The number of nitrogens with zero attached hydrogens (tertiary/aromatic N) is 2. The summed E-state index contributed by atoms with van der Waals surface area (Å²) in [6.07, 6.45) is 4.61. The molecule has 1 aromatic carbocycles. The first-order valence-corrected chi connectivity index (χ1v) is 6.82. The van der Waals surface area contributed by atoms with Crippen LogP contribution in [0.4, 0.5) is 11.4 Å². The molecule has 106 valence electrons. The maximum absolute atomic E-state index is 5.92. The zero-order chi connectivity index (χ0) is 14.4. The first-order valence-electron chi connectivity index (χ1n) is 6.82. The van der Waals surface area contributed by atoms with Gasteiger partial charge in [0.05, 0.1) is 6.61 Å². The van der Waals surface area contributed by atoms with E-state index in [0.29, 0.717) is 6.61 Å². The third-order valence-electron chi connectivity index (χ3n) is 3.15. The number of hydrogen-bond donors (Lipinski definition) is 1. The molecule has 0 radical (unpaired) electrons. The molecule has 0 amide bonds. The molecule has 0 saturated heterocycles. The number of rotatable bonds is 6. The van der Waals surface area contributed by atoms with Crippen LogP contribution in [0.3, 0.4) is 0 Å². The van der Waals surface area contributed by atoms with Crippen LogP contribution in [0, 0.1) is 0 Å². The monoisotopic (exact) mass is 271 g/mol. The Hall–Kier alpha value is -2.23. The van der Waals surface area contributed by atoms with Crippen LogP contribution in [0.2, 0.25) is 0 Å². The van der Waals surface area contributed by atoms with Gasteiger partial charge >= 0.3 is 0 Å². The first-order chi connectivity index (χ1) is 9.69. The molecular formula is C16H21N3O. The van der Waals surface area contributed by atoms with Gasteiger partial charge < -0.3 is 15.4 Å². The van der Waals surface area contributed by atoms with E-state index in [-0.39, 0.29) is 0 Å². The van der Waals surface area contributed by atoms with Crippen molar-refractivity contribution >= 4 is 11.4 Å². The molecule has 0 fully saturated rings. The third-order valence-corrected chi connectivity index (χ3v) is 3.15. The maximum Gasteiger partial charge on any atom is 0.123 e. The minimum Gasteiger partial charge on any atom is -0.494 e. The Labute approximate surface area is 120 Å². The Morgan fingerprint density at radius 2 is 1.95 bits per heavy atom. The number of anilines is 2. The minimum atomic E-state index is 0.642. The van der Waals surface area contributed by atoms with Gasteiger partial charge in [0.25, 0.3) is 0 Å². The van der Waals surface area contributed by atoms with Crippen LogP contribution >= 0.6 is 0 Å². The highest BCUT2D eigenvalue weighted by Gasteiger charge is 2.05.